The highest BCUT2D eigenvalue weighted by atomic mass is 79.9. The van der Waals surface area contributed by atoms with Crippen molar-refractivity contribution in [3.63, 3.8) is 0 Å². The van der Waals surface area contributed by atoms with Crippen LogP contribution < -0.4 is 4.90 Å². The summed E-state index contributed by atoms with van der Waals surface area (Å²) in [6.07, 6.45) is 4.67. The first-order valence-corrected chi connectivity index (χ1v) is 11.2. The average molecular weight is 427 g/mol. The van der Waals surface area contributed by atoms with Crippen LogP contribution in [0.25, 0.3) is 0 Å². The van der Waals surface area contributed by atoms with Gasteiger partial charge in [-0.05, 0) is 71.6 Å². The van der Waals surface area contributed by atoms with Gasteiger partial charge in [0.1, 0.15) is 0 Å². The van der Waals surface area contributed by atoms with Crippen LogP contribution in [0.4, 0.5) is 5.69 Å². The summed E-state index contributed by atoms with van der Waals surface area (Å²) < 4.78 is 28.5. The van der Waals surface area contributed by atoms with Gasteiger partial charge in [0.2, 0.25) is 15.9 Å². The molecular formula is C18H23BrN2O3S. The van der Waals surface area contributed by atoms with Crippen molar-refractivity contribution in [2.24, 2.45) is 11.8 Å². The van der Waals surface area contributed by atoms with Gasteiger partial charge in [0.05, 0.1) is 4.90 Å². The number of hydrogen-bond donors (Lipinski definition) is 0. The first kappa shape index (κ1) is 17.5. The monoisotopic (exact) mass is 426 g/mol. The second-order valence-electron chi connectivity index (χ2n) is 7.54. The van der Waals surface area contributed by atoms with Crippen LogP contribution in [0.2, 0.25) is 0 Å². The van der Waals surface area contributed by atoms with Gasteiger partial charge in [0.15, 0.2) is 0 Å². The number of rotatable bonds is 3. The Kier molecular flexibility index (Phi) is 4.45. The minimum absolute atomic E-state index is 0.137. The Morgan fingerprint density at radius 2 is 1.96 bits per heavy atom. The third-order valence-electron chi connectivity index (χ3n) is 5.46. The van der Waals surface area contributed by atoms with Gasteiger partial charge in [-0.3, -0.25) is 4.79 Å². The zero-order valence-corrected chi connectivity index (χ0v) is 16.8. The predicted octanol–water partition coefficient (Wildman–Crippen LogP) is 3.17. The molecule has 5 nitrogen and oxygen atoms in total. The standard InChI is InChI=1S/C18H23BrN2O3S/c1-12-3-2-7-20(11-12)25(23,24)17-10-16-14(9-15(17)19)6-8-21(16)18(22)13-4-5-13/h9-10,12-13H,2-8,11H2,1H3/t12-/m1/s1. The van der Waals surface area contributed by atoms with Crippen molar-refractivity contribution in [3.05, 3.63) is 22.2 Å². The third-order valence-corrected chi connectivity index (χ3v) is 8.28. The molecule has 0 radical (unpaired) electrons. The van der Waals surface area contributed by atoms with E-state index in [1.165, 1.54) is 0 Å². The van der Waals surface area contributed by atoms with E-state index in [2.05, 4.69) is 22.9 Å². The Labute approximate surface area is 157 Å². The van der Waals surface area contributed by atoms with Crippen LogP contribution in [-0.2, 0) is 21.2 Å². The molecule has 1 saturated heterocycles. The lowest BCUT2D eigenvalue weighted by molar-refractivity contribution is -0.119. The Morgan fingerprint density at radius 3 is 2.64 bits per heavy atom. The lowest BCUT2D eigenvalue weighted by Gasteiger charge is -2.30. The van der Waals surface area contributed by atoms with Crippen LogP contribution >= 0.6 is 15.9 Å². The number of carbonyl (C=O) groups excluding carboxylic acids is 1. The van der Waals surface area contributed by atoms with Crippen molar-refractivity contribution in [1.82, 2.24) is 4.31 Å². The molecule has 2 heterocycles. The fourth-order valence-electron chi connectivity index (χ4n) is 3.87. The minimum atomic E-state index is -3.55. The average Bonchev–Trinajstić information content (AvgIpc) is 3.34. The van der Waals surface area contributed by atoms with E-state index in [1.807, 2.05) is 6.07 Å². The molecule has 1 amide bonds. The van der Waals surface area contributed by atoms with Gasteiger partial charge in [0.25, 0.3) is 0 Å². The number of halogens is 1. The van der Waals surface area contributed by atoms with Gasteiger partial charge in [0, 0.05) is 35.7 Å². The fourth-order valence-corrected chi connectivity index (χ4v) is 6.54. The molecule has 1 atom stereocenters. The maximum absolute atomic E-state index is 13.2. The molecule has 3 aliphatic rings. The quantitative estimate of drug-likeness (QED) is 0.745. The van der Waals surface area contributed by atoms with Gasteiger partial charge >= 0.3 is 0 Å². The predicted molar refractivity (Wildman–Crippen MR) is 100 cm³/mol. The highest BCUT2D eigenvalue weighted by Gasteiger charge is 2.38. The smallest absolute Gasteiger partial charge is 0.244 e. The van der Waals surface area contributed by atoms with Crippen molar-refractivity contribution in [2.75, 3.05) is 24.5 Å². The molecule has 2 fully saturated rings. The van der Waals surface area contributed by atoms with Crippen molar-refractivity contribution in [3.8, 4) is 0 Å². The summed E-state index contributed by atoms with van der Waals surface area (Å²) in [5, 5.41) is 0. The number of nitrogens with zero attached hydrogens (tertiary/aromatic N) is 2. The topological polar surface area (TPSA) is 57.7 Å². The maximum atomic E-state index is 13.2. The highest BCUT2D eigenvalue weighted by Crippen LogP contribution is 2.40. The molecule has 1 aromatic carbocycles. The van der Waals surface area contributed by atoms with Crippen LogP contribution in [-0.4, -0.2) is 38.3 Å². The van der Waals surface area contributed by atoms with Crippen molar-refractivity contribution < 1.29 is 13.2 Å². The van der Waals surface area contributed by atoms with Crippen molar-refractivity contribution in [1.29, 1.82) is 0 Å². The summed E-state index contributed by atoms with van der Waals surface area (Å²) in [7, 11) is -3.55. The van der Waals surface area contributed by atoms with Crippen LogP contribution in [0.3, 0.4) is 0 Å². The second kappa shape index (κ2) is 6.35. The Balaban J connectivity index is 1.70. The van der Waals surface area contributed by atoms with E-state index < -0.39 is 10.0 Å². The SMILES string of the molecule is C[C@@H]1CCCN(S(=O)(=O)c2cc3c(cc2Br)CCN3C(=O)C2CC2)C1. The summed E-state index contributed by atoms with van der Waals surface area (Å²) in [5.41, 5.74) is 1.83. The van der Waals surface area contributed by atoms with E-state index >= 15 is 0 Å². The Hall–Kier alpha value is -0.920. The molecule has 0 aromatic heterocycles. The zero-order valence-electron chi connectivity index (χ0n) is 14.4. The summed E-state index contributed by atoms with van der Waals surface area (Å²) >= 11 is 3.46. The molecule has 0 N–H and O–H groups in total. The Morgan fingerprint density at radius 1 is 1.20 bits per heavy atom. The number of carbonyl (C=O) groups is 1. The lowest BCUT2D eigenvalue weighted by Crippen LogP contribution is -2.39. The van der Waals surface area contributed by atoms with Crippen LogP contribution in [0, 0.1) is 11.8 Å². The number of hydrogen-bond acceptors (Lipinski definition) is 3. The number of amides is 1. The van der Waals surface area contributed by atoms with E-state index in [4.69, 9.17) is 0 Å². The number of anilines is 1. The van der Waals surface area contributed by atoms with Gasteiger partial charge in [-0.25, -0.2) is 8.42 Å². The fraction of sp³-hybridized carbons (Fsp3) is 0.611. The van der Waals surface area contributed by atoms with Gasteiger partial charge in [-0.15, -0.1) is 0 Å². The molecule has 1 saturated carbocycles. The molecular weight excluding hydrogens is 404 g/mol. The van der Waals surface area contributed by atoms with Crippen molar-refractivity contribution in [2.45, 2.75) is 43.9 Å². The first-order valence-electron chi connectivity index (χ1n) is 9.02. The van der Waals surface area contributed by atoms with E-state index in [0.29, 0.717) is 30.0 Å². The summed E-state index contributed by atoms with van der Waals surface area (Å²) in [6, 6.07) is 3.59. The molecule has 0 unspecified atom stereocenters. The molecule has 0 spiro atoms. The van der Waals surface area contributed by atoms with E-state index in [-0.39, 0.29) is 16.7 Å². The van der Waals surface area contributed by atoms with Crippen LogP contribution in [0.1, 0.15) is 38.2 Å². The normalized spacial score (nSPS) is 24.4. The van der Waals surface area contributed by atoms with E-state index in [0.717, 1.165) is 43.4 Å². The summed E-state index contributed by atoms with van der Waals surface area (Å²) in [4.78, 5) is 14.6. The second-order valence-corrected chi connectivity index (χ2v) is 10.3. The van der Waals surface area contributed by atoms with E-state index in [1.54, 1.807) is 15.3 Å². The lowest BCUT2D eigenvalue weighted by atomic mass is 10.0. The van der Waals surface area contributed by atoms with E-state index in [9.17, 15) is 13.2 Å². The van der Waals surface area contributed by atoms with Gasteiger partial charge in [-0.2, -0.15) is 4.31 Å². The maximum Gasteiger partial charge on any atom is 0.244 e. The third kappa shape index (κ3) is 3.15. The molecule has 25 heavy (non-hydrogen) atoms. The van der Waals surface area contributed by atoms with Crippen molar-refractivity contribution >= 4 is 37.5 Å². The zero-order chi connectivity index (χ0) is 17.8. The molecule has 136 valence electrons. The number of fused-ring (bicyclic) bond motifs is 1. The first-order chi connectivity index (χ1) is 11.9. The Bertz CT molecular complexity index is 820. The number of piperidine rings is 1. The molecule has 7 heteroatoms. The molecule has 1 aliphatic carbocycles. The molecule has 2 aliphatic heterocycles. The summed E-state index contributed by atoms with van der Waals surface area (Å²) in [6.45, 7) is 3.88. The van der Waals surface area contributed by atoms with Gasteiger partial charge in [-0.1, -0.05) is 6.92 Å². The molecule has 4 rings (SSSR count). The largest absolute Gasteiger partial charge is 0.312 e. The number of benzene rings is 1. The van der Waals surface area contributed by atoms with Crippen LogP contribution in [0.15, 0.2) is 21.5 Å². The summed E-state index contributed by atoms with van der Waals surface area (Å²) in [5.74, 6) is 0.665. The van der Waals surface area contributed by atoms with Gasteiger partial charge < -0.3 is 4.90 Å². The highest BCUT2D eigenvalue weighted by molar-refractivity contribution is 9.10. The minimum Gasteiger partial charge on any atom is -0.312 e. The number of sulfonamides is 1. The molecule has 0 bridgehead atoms. The van der Waals surface area contributed by atoms with Crippen LogP contribution in [0.5, 0.6) is 0 Å². The molecule has 1 aromatic rings.